The molecule has 1 unspecified atom stereocenters. The Kier molecular flexibility index (Phi) is 6.23. The first kappa shape index (κ1) is 14.7. The molecular formula is C12H24ClN3O. The number of piperidine rings is 1. The Balaban J connectivity index is 0.00000144. The van der Waals surface area contributed by atoms with Gasteiger partial charge in [-0.1, -0.05) is 6.42 Å². The van der Waals surface area contributed by atoms with E-state index in [2.05, 4.69) is 17.3 Å². The van der Waals surface area contributed by atoms with Crippen LogP contribution in [0, 0.1) is 0 Å². The molecule has 1 N–H and O–H groups in total. The molecule has 2 rings (SSSR count). The van der Waals surface area contributed by atoms with E-state index in [1.54, 1.807) is 0 Å². The SMILES string of the molecule is CN1CCCN(C(=O)C2CCCCN2)CC1.Cl. The van der Waals surface area contributed by atoms with Gasteiger partial charge in [-0.15, -0.1) is 12.4 Å². The summed E-state index contributed by atoms with van der Waals surface area (Å²) in [5, 5.41) is 3.34. The van der Waals surface area contributed by atoms with Gasteiger partial charge in [0.2, 0.25) is 5.91 Å². The summed E-state index contributed by atoms with van der Waals surface area (Å²) in [5.74, 6) is 0.329. The maximum Gasteiger partial charge on any atom is 0.239 e. The molecule has 2 saturated heterocycles. The van der Waals surface area contributed by atoms with Crippen molar-refractivity contribution in [3.63, 3.8) is 0 Å². The van der Waals surface area contributed by atoms with Crippen molar-refractivity contribution in [3.05, 3.63) is 0 Å². The van der Waals surface area contributed by atoms with Gasteiger partial charge >= 0.3 is 0 Å². The van der Waals surface area contributed by atoms with Crippen LogP contribution in [0.15, 0.2) is 0 Å². The van der Waals surface area contributed by atoms with Crippen molar-refractivity contribution in [1.29, 1.82) is 0 Å². The second-order valence-corrected chi connectivity index (χ2v) is 4.98. The lowest BCUT2D eigenvalue weighted by Gasteiger charge is -2.29. The minimum atomic E-state index is 0. The second kappa shape index (κ2) is 7.19. The van der Waals surface area contributed by atoms with Gasteiger partial charge in [0.15, 0.2) is 0 Å². The molecule has 0 radical (unpaired) electrons. The zero-order valence-corrected chi connectivity index (χ0v) is 11.5. The smallest absolute Gasteiger partial charge is 0.239 e. The van der Waals surface area contributed by atoms with Crippen molar-refractivity contribution < 1.29 is 4.79 Å². The lowest BCUT2D eigenvalue weighted by molar-refractivity contribution is -0.133. The highest BCUT2D eigenvalue weighted by Gasteiger charge is 2.26. The Morgan fingerprint density at radius 1 is 1.12 bits per heavy atom. The standard InChI is InChI=1S/C12H23N3O.ClH/c1-14-7-4-8-15(10-9-14)12(16)11-5-2-3-6-13-11;/h11,13H,2-10H2,1H3;1H. The van der Waals surface area contributed by atoms with Gasteiger partial charge in [-0.3, -0.25) is 4.79 Å². The normalized spacial score (nSPS) is 27.1. The molecule has 0 bridgehead atoms. The van der Waals surface area contributed by atoms with Crippen molar-refractivity contribution in [2.75, 3.05) is 39.8 Å². The summed E-state index contributed by atoms with van der Waals surface area (Å²) in [6.07, 6.45) is 4.53. The van der Waals surface area contributed by atoms with Crippen LogP contribution in [-0.2, 0) is 4.79 Å². The Morgan fingerprint density at radius 3 is 2.65 bits per heavy atom. The van der Waals surface area contributed by atoms with Gasteiger partial charge in [0, 0.05) is 19.6 Å². The highest BCUT2D eigenvalue weighted by molar-refractivity contribution is 5.85. The zero-order chi connectivity index (χ0) is 11.4. The monoisotopic (exact) mass is 261 g/mol. The lowest BCUT2D eigenvalue weighted by Crippen LogP contribution is -2.49. The molecule has 0 spiro atoms. The Labute approximate surface area is 110 Å². The van der Waals surface area contributed by atoms with Gasteiger partial charge in [0.25, 0.3) is 0 Å². The van der Waals surface area contributed by atoms with Crippen molar-refractivity contribution >= 4 is 18.3 Å². The summed E-state index contributed by atoms with van der Waals surface area (Å²) in [7, 11) is 2.13. The molecule has 2 aliphatic heterocycles. The molecule has 2 fully saturated rings. The maximum atomic E-state index is 12.3. The molecule has 4 nitrogen and oxygen atoms in total. The molecule has 0 aromatic heterocycles. The van der Waals surface area contributed by atoms with Crippen LogP contribution in [0.5, 0.6) is 0 Å². The van der Waals surface area contributed by atoms with Crippen molar-refractivity contribution in [2.45, 2.75) is 31.7 Å². The minimum absolute atomic E-state index is 0. The van der Waals surface area contributed by atoms with E-state index in [-0.39, 0.29) is 18.4 Å². The number of halogens is 1. The molecule has 1 amide bonds. The average molecular weight is 262 g/mol. The molecule has 2 heterocycles. The van der Waals surface area contributed by atoms with Gasteiger partial charge in [-0.05, 0) is 39.4 Å². The zero-order valence-electron chi connectivity index (χ0n) is 10.7. The summed E-state index contributed by atoms with van der Waals surface area (Å²) >= 11 is 0. The van der Waals surface area contributed by atoms with Crippen LogP contribution < -0.4 is 5.32 Å². The number of hydrogen-bond donors (Lipinski definition) is 1. The van der Waals surface area contributed by atoms with E-state index >= 15 is 0 Å². The molecule has 5 heteroatoms. The molecule has 0 aromatic rings. The minimum Gasteiger partial charge on any atom is -0.340 e. The second-order valence-electron chi connectivity index (χ2n) is 4.98. The number of nitrogens with zero attached hydrogens (tertiary/aromatic N) is 2. The highest BCUT2D eigenvalue weighted by Crippen LogP contribution is 2.11. The van der Waals surface area contributed by atoms with E-state index in [1.807, 2.05) is 4.90 Å². The van der Waals surface area contributed by atoms with Crippen LogP contribution in [0.1, 0.15) is 25.7 Å². The quantitative estimate of drug-likeness (QED) is 0.755. The molecule has 1 atom stereocenters. The van der Waals surface area contributed by atoms with Gasteiger partial charge in [0.05, 0.1) is 6.04 Å². The van der Waals surface area contributed by atoms with Crippen LogP contribution >= 0.6 is 12.4 Å². The molecular weight excluding hydrogens is 238 g/mol. The van der Waals surface area contributed by atoms with Crippen LogP contribution in [0.2, 0.25) is 0 Å². The topological polar surface area (TPSA) is 35.6 Å². The molecule has 17 heavy (non-hydrogen) atoms. The summed E-state index contributed by atoms with van der Waals surface area (Å²) < 4.78 is 0. The fourth-order valence-electron chi connectivity index (χ4n) is 2.55. The number of hydrogen-bond acceptors (Lipinski definition) is 3. The van der Waals surface area contributed by atoms with Crippen molar-refractivity contribution in [3.8, 4) is 0 Å². The number of carbonyl (C=O) groups is 1. The molecule has 0 saturated carbocycles. The number of amides is 1. The van der Waals surface area contributed by atoms with Crippen molar-refractivity contribution in [1.82, 2.24) is 15.1 Å². The number of carbonyl (C=O) groups excluding carboxylic acids is 1. The third-order valence-corrected chi connectivity index (χ3v) is 3.64. The Morgan fingerprint density at radius 2 is 1.94 bits per heavy atom. The lowest BCUT2D eigenvalue weighted by atomic mass is 10.0. The number of nitrogens with one attached hydrogen (secondary N) is 1. The van der Waals surface area contributed by atoms with E-state index in [1.165, 1.54) is 12.8 Å². The summed E-state index contributed by atoms with van der Waals surface area (Å²) in [6, 6.07) is 0.0946. The van der Waals surface area contributed by atoms with E-state index in [0.717, 1.165) is 45.6 Å². The van der Waals surface area contributed by atoms with Crippen LogP contribution in [0.3, 0.4) is 0 Å². The van der Waals surface area contributed by atoms with Crippen LogP contribution in [-0.4, -0.2) is 61.5 Å². The van der Waals surface area contributed by atoms with Gasteiger partial charge < -0.3 is 15.1 Å². The maximum absolute atomic E-state index is 12.3. The van der Waals surface area contributed by atoms with Gasteiger partial charge in [0.1, 0.15) is 0 Å². The largest absolute Gasteiger partial charge is 0.340 e. The fraction of sp³-hybridized carbons (Fsp3) is 0.917. The number of likely N-dealkylation sites (N-methyl/N-ethyl adjacent to an activating group) is 1. The average Bonchev–Trinajstić information content (AvgIpc) is 2.54. The van der Waals surface area contributed by atoms with Gasteiger partial charge in [-0.2, -0.15) is 0 Å². The first-order valence-corrected chi connectivity index (χ1v) is 6.48. The molecule has 0 aromatic carbocycles. The van der Waals surface area contributed by atoms with E-state index in [9.17, 15) is 4.79 Å². The predicted molar refractivity (Wildman–Crippen MR) is 71.6 cm³/mol. The molecule has 100 valence electrons. The summed E-state index contributed by atoms with van der Waals surface area (Å²) in [4.78, 5) is 16.6. The third kappa shape index (κ3) is 4.12. The number of rotatable bonds is 1. The highest BCUT2D eigenvalue weighted by atomic mass is 35.5. The molecule has 2 aliphatic rings. The van der Waals surface area contributed by atoms with Crippen LogP contribution in [0.25, 0.3) is 0 Å². The summed E-state index contributed by atoms with van der Waals surface area (Å²) in [6.45, 7) is 4.96. The summed E-state index contributed by atoms with van der Waals surface area (Å²) in [5.41, 5.74) is 0. The van der Waals surface area contributed by atoms with E-state index in [4.69, 9.17) is 0 Å². The van der Waals surface area contributed by atoms with Crippen molar-refractivity contribution in [2.24, 2.45) is 0 Å². The predicted octanol–water partition coefficient (Wildman–Crippen LogP) is 0.714. The fourth-order valence-corrected chi connectivity index (χ4v) is 2.55. The first-order chi connectivity index (χ1) is 7.77. The Bertz CT molecular complexity index is 244. The first-order valence-electron chi connectivity index (χ1n) is 6.48. The molecule has 0 aliphatic carbocycles. The van der Waals surface area contributed by atoms with Gasteiger partial charge in [-0.25, -0.2) is 0 Å². The van der Waals surface area contributed by atoms with E-state index < -0.39 is 0 Å². The Hall–Kier alpha value is -0.320. The van der Waals surface area contributed by atoms with Crippen LogP contribution in [0.4, 0.5) is 0 Å². The van der Waals surface area contributed by atoms with E-state index in [0.29, 0.717) is 5.91 Å². The third-order valence-electron chi connectivity index (χ3n) is 3.64.